The Hall–Kier alpha value is -1.57. The molecule has 0 unspecified atom stereocenters. The van der Waals surface area contributed by atoms with Crippen molar-refractivity contribution in [1.82, 2.24) is 4.90 Å². The van der Waals surface area contributed by atoms with Gasteiger partial charge in [-0.05, 0) is 30.5 Å². The third kappa shape index (κ3) is 3.25. The van der Waals surface area contributed by atoms with E-state index < -0.39 is 0 Å². The van der Waals surface area contributed by atoms with Gasteiger partial charge in [-0.1, -0.05) is 12.1 Å². The first-order chi connectivity index (χ1) is 9.13. The molecule has 1 saturated carbocycles. The maximum atomic E-state index is 11.8. The summed E-state index contributed by atoms with van der Waals surface area (Å²) < 4.78 is 0. The molecule has 2 rings (SSSR count). The lowest BCUT2D eigenvalue weighted by molar-refractivity contribution is -0.136. The molecule has 1 aliphatic rings. The van der Waals surface area contributed by atoms with Crippen LogP contribution in [0.5, 0.6) is 0 Å². The Morgan fingerprint density at radius 1 is 1.42 bits per heavy atom. The Kier molecular flexibility index (Phi) is 4.41. The molecule has 1 N–H and O–H groups in total. The van der Waals surface area contributed by atoms with Crippen molar-refractivity contribution in [3.63, 3.8) is 0 Å². The Bertz CT molecular complexity index is 489. The number of carbonyl (C=O) groups is 1. The van der Waals surface area contributed by atoms with Gasteiger partial charge in [-0.3, -0.25) is 4.79 Å². The molecule has 0 radical (unpaired) electrons. The van der Waals surface area contributed by atoms with Crippen LogP contribution in [-0.4, -0.2) is 33.9 Å². The third-order valence-electron chi connectivity index (χ3n) is 3.40. The van der Waals surface area contributed by atoms with Crippen molar-refractivity contribution in [2.24, 2.45) is 0 Å². The average Bonchev–Trinajstić information content (AvgIpc) is 2.41. The van der Waals surface area contributed by atoms with Gasteiger partial charge in [0.25, 0.3) is 0 Å². The first-order valence-electron chi connectivity index (χ1n) is 6.16. The van der Waals surface area contributed by atoms with Gasteiger partial charge in [-0.25, -0.2) is 0 Å². The summed E-state index contributed by atoms with van der Waals surface area (Å²) in [6, 6.07) is 9.26. The lowest BCUT2D eigenvalue weighted by atomic mass is 9.87. The highest BCUT2D eigenvalue weighted by molar-refractivity contribution is 6.27. The highest BCUT2D eigenvalue weighted by Gasteiger charge is 2.34. The van der Waals surface area contributed by atoms with Crippen molar-refractivity contribution in [3.05, 3.63) is 35.4 Å². The van der Waals surface area contributed by atoms with E-state index in [1.165, 1.54) is 0 Å². The first-order valence-corrected chi connectivity index (χ1v) is 6.70. The number of carbonyl (C=O) groups excluding carboxylic acids is 1. The minimum Gasteiger partial charge on any atom is -0.393 e. The number of alkyl halides is 1. The molecule has 100 valence electrons. The van der Waals surface area contributed by atoms with Gasteiger partial charge in [0.05, 0.1) is 17.7 Å². The van der Waals surface area contributed by atoms with Crippen LogP contribution in [0.3, 0.4) is 0 Å². The highest BCUT2D eigenvalue weighted by atomic mass is 35.5. The van der Waals surface area contributed by atoms with Crippen LogP contribution in [0.4, 0.5) is 0 Å². The maximum absolute atomic E-state index is 11.8. The van der Waals surface area contributed by atoms with Gasteiger partial charge < -0.3 is 10.0 Å². The largest absolute Gasteiger partial charge is 0.393 e. The van der Waals surface area contributed by atoms with Crippen molar-refractivity contribution in [2.45, 2.75) is 31.5 Å². The molecule has 0 atom stereocenters. The maximum Gasteiger partial charge on any atom is 0.238 e. The van der Waals surface area contributed by atoms with E-state index in [-0.39, 0.29) is 23.9 Å². The molecule has 0 aliphatic heterocycles. The van der Waals surface area contributed by atoms with E-state index in [0.29, 0.717) is 24.9 Å². The first kappa shape index (κ1) is 13.9. The second-order valence-corrected chi connectivity index (χ2v) is 5.01. The van der Waals surface area contributed by atoms with Crippen LogP contribution in [0.25, 0.3) is 0 Å². The molecule has 0 saturated heterocycles. The summed E-state index contributed by atoms with van der Waals surface area (Å²) in [5.41, 5.74) is 1.55. The van der Waals surface area contributed by atoms with Crippen LogP contribution in [0.1, 0.15) is 24.0 Å². The second kappa shape index (κ2) is 6.05. The molecule has 19 heavy (non-hydrogen) atoms. The SMILES string of the molecule is N#Cc1ccc(CN(C(=O)CCl)C2CC(O)C2)cc1. The summed E-state index contributed by atoms with van der Waals surface area (Å²) in [5, 5.41) is 18.1. The fourth-order valence-electron chi connectivity index (χ4n) is 2.19. The standard InChI is InChI=1S/C14H15ClN2O2/c15-7-14(19)17(12-5-13(18)6-12)9-11-3-1-10(8-16)2-4-11/h1-4,12-13,18H,5-7,9H2. The number of nitrogens with zero attached hydrogens (tertiary/aromatic N) is 2. The van der Waals surface area contributed by atoms with Gasteiger partial charge in [0.2, 0.25) is 5.91 Å². The summed E-state index contributed by atoms with van der Waals surface area (Å²) in [7, 11) is 0. The topological polar surface area (TPSA) is 64.3 Å². The summed E-state index contributed by atoms with van der Waals surface area (Å²) in [6.45, 7) is 0.467. The van der Waals surface area contributed by atoms with E-state index in [2.05, 4.69) is 6.07 Å². The molecule has 1 aliphatic carbocycles. The van der Waals surface area contributed by atoms with Crippen molar-refractivity contribution in [3.8, 4) is 6.07 Å². The molecule has 1 aromatic carbocycles. The Labute approximate surface area is 117 Å². The zero-order valence-corrected chi connectivity index (χ0v) is 11.2. The number of hydrogen-bond acceptors (Lipinski definition) is 3. The zero-order chi connectivity index (χ0) is 13.8. The lowest BCUT2D eigenvalue weighted by Gasteiger charge is -2.40. The fourth-order valence-corrected chi connectivity index (χ4v) is 2.35. The van der Waals surface area contributed by atoms with E-state index in [4.69, 9.17) is 16.9 Å². The number of aliphatic hydroxyl groups excluding tert-OH is 1. The lowest BCUT2D eigenvalue weighted by Crippen LogP contribution is -2.49. The van der Waals surface area contributed by atoms with E-state index >= 15 is 0 Å². The Morgan fingerprint density at radius 2 is 2.05 bits per heavy atom. The molecule has 0 aromatic heterocycles. The molecule has 1 amide bonds. The van der Waals surface area contributed by atoms with Crippen LogP contribution in [0.2, 0.25) is 0 Å². The number of rotatable bonds is 4. The van der Waals surface area contributed by atoms with E-state index in [9.17, 15) is 9.90 Å². The molecule has 1 fully saturated rings. The average molecular weight is 279 g/mol. The number of aliphatic hydroxyl groups is 1. The summed E-state index contributed by atoms with van der Waals surface area (Å²) in [4.78, 5) is 13.5. The van der Waals surface area contributed by atoms with Crippen molar-refractivity contribution in [1.29, 1.82) is 5.26 Å². The van der Waals surface area contributed by atoms with Gasteiger partial charge in [-0.15, -0.1) is 11.6 Å². The number of benzene rings is 1. The molecule has 5 heteroatoms. The third-order valence-corrected chi connectivity index (χ3v) is 3.63. The van der Waals surface area contributed by atoms with Crippen molar-refractivity contribution < 1.29 is 9.90 Å². The normalized spacial score (nSPS) is 21.3. The molecule has 4 nitrogen and oxygen atoms in total. The van der Waals surface area contributed by atoms with Crippen LogP contribution >= 0.6 is 11.6 Å². The molecule has 0 heterocycles. The van der Waals surface area contributed by atoms with Gasteiger partial charge in [-0.2, -0.15) is 5.26 Å². The molecule has 1 aromatic rings. The summed E-state index contributed by atoms with van der Waals surface area (Å²) in [5.74, 6) is -0.175. The molecule has 0 bridgehead atoms. The zero-order valence-electron chi connectivity index (χ0n) is 10.4. The van der Waals surface area contributed by atoms with Gasteiger partial charge in [0.1, 0.15) is 5.88 Å². The van der Waals surface area contributed by atoms with E-state index in [0.717, 1.165) is 5.56 Å². The van der Waals surface area contributed by atoms with Crippen LogP contribution in [0, 0.1) is 11.3 Å². The molecular weight excluding hydrogens is 264 g/mol. The molecular formula is C14H15ClN2O2. The number of amides is 1. The Morgan fingerprint density at radius 3 is 2.53 bits per heavy atom. The quantitative estimate of drug-likeness (QED) is 0.852. The van der Waals surface area contributed by atoms with Crippen LogP contribution in [-0.2, 0) is 11.3 Å². The van der Waals surface area contributed by atoms with Crippen LogP contribution < -0.4 is 0 Å². The highest BCUT2D eigenvalue weighted by Crippen LogP contribution is 2.27. The van der Waals surface area contributed by atoms with Gasteiger partial charge in [0, 0.05) is 12.6 Å². The second-order valence-electron chi connectivity index (χ2n) is 4.74. The predicted octanol–water partition coefficient (Wildman–Crippen LogP) is 1.65. The van der Waals surface area contributed by atoms with Gasteiger partial charge >= 0.3 is 0 Å². The molecule has 0 spiro atoms. The smallest absolute Gasteiger partial charge is 0.238 e. The number of nitriles is 1. The van der Waals surface area contributed by atoms with E-state index in [1.54, 1.807) is 17.0 Å². The van der Waals surface area contributed by atoms with Crippen molar-refractivity contribution >= 4 is 17.5 Å². The van der Waals surface area contributed by atoms with Crippen LogP contribution in [0.15, 0.2) is 24.3 Å². The summed E-state index contributed by atoms with van der Waals surface area (Å²) >= 11 is 5.63. The van der Waals surface area contributed by atoms with Crippen molar-refractivity contribution in [2.75, 3.05) is 5.88 Å². The number of hydrogen-bond donors (Lipinski definition) is 1. The summed E-state index contributed by atoms with van der Waals surface area (Å²) in [6.07, 6.45) is 0.911. The minimum atomic E-state index is -0.309. The monoisotopic (exact) mass is 278 g/mol. The Balaban J connectivity index is 2.06. The number of halogens is 1. The van der Waals surface area contributed by atoms with E-state index in [1.807, 2.05) is 12.1 Å². The van der Waals surface area contributed by atoms with Gasteiger partial charge in [0.15, 0.2) is 0 Å². The minimum absolute atomic E-state index is 0.0527. The predicted molar refractivity (Wildman–Crippen MR) is 71.5 cm³/mol. The fraction of sp³-hybridized carbons (Fsp3) is 0.429.